The molecule has 0 bridgehead atoms. The van der Waals surface area contributed by atoms with E-state index in [1.165, 1.54) is 7.11 Å². The molecule has 0 aromatic rings. The SMILES string of the molecule is CCS(=O)(=O)CCCN(CC(=O)OC)C(C)C. The first-order valence-corrected chi connectivity index (χ1v) is 7.65. The van der Waals surface area contributed by atoms with Crippen molar-refractivity contribution in [2.24, 2.45) is 0 Å². The van der Waals surface area contributed by atoms with Gasteiger partial charge in [-0.25, -0.2) is 8.42 Å². The van der Waals surface area contributed by atoms with E-state index in [-0.39, 0.29) is 30.1 Å². The Kier molecular flexibility index (Phi) is 7.38. The van der Waals surface area contributed by atoms with Crippen LogP contribution in [0.15, 0.2) is 0 Å². The van der Waals surface area contributed by atoms with Crippen LogP contribution in [0.2, 0.25) is 0 Å². The molecule has 0 aliphatic carbocycles. The van der Waals surface area contributed by atoms with Crippen molar-refractivity contribution in [1.29, 1.82) is 0 Å². The van der Waals surface area contributed by atoms with Crippen molar-refractivity contribution < 1.29 is 17.9 Å². The number of nitrogens with zero attached hydrogens (tertiary/aromatic N) is 1. The van der Waals surface area contributed by atoms with Gasteiger partial charge in [0, 0.05) is 11.8 Å². The van der Waals surface area contributed by atoms with E-state index in [1.807, 2.05) is 18.7 Å². The molecule has 6 heteroatoms. The summed E-state index contributed by atoms with van der Waals surface area (Å²) in [5.41, 5.74) is 0. The summed E-state index contributed by atoms with van der Waals surface area (Å²) in [6.07, 6.45) is 0.547. The molecule has 0 saturated carbocycles. The molecule has 0 radical (unpaired) electrons. The van der Waals surface area contributed by atoms with Gasteiger partial charge in [-0.3, -0.25) is 9.69 Å². The maximum Gasteiger partial charge on any atom is 0.319 e. The number of methoxy groups -OCH3 is 1. The van der Waals surface area contributed by atoms with Crippen LogP contribution in [-0.2, 0) is 19.4 Å². The second-order valence-electron chi connectivity index (χ2n) is 4.23. The number of ether oxygens (including phenoxy) is 1. The molecular weight excluding hydrogens is 242 g/mol. The fourth-order valence-electron chi connectivity index (χ4n) is 1.38. The monoisotopic (exact) mass is 265 g/mol. The first-order valence-electron chi connectivity index (χ1n) is 5.83. The van der Waals surface area contributed by atoms with Crippen LogP contribution in [-0.4, -0.2) is 57.0 Å². The molecule has 102 valence electrons. The Morgan fingerprint density at radius 1 is 1.35 bits per heavy atom. The van der Waals surface area contributed by atoms with E-state index >= 15 is 0 Å². The van der Waals surface area contributed by atoms with Gasteiger partial charge in [-0.2, -0.15) is 0 Å². The summed E-state index contributed by atoms with van der Waals surface area (Å²) in [7, 11) is -1.57. The van der Waals surface area contributed by atoms with Crippen molar-refractivity contribution in [3.8, 4) is 0 Å². The fourth-order valence-corrected chi connectivity index (χ4v) is 2.24. The lowest BCUT2D eigenvalue weighted by molar-refractivity contribution is -0.142. The van der Waals surface area contributed by atoms with Crippen LogP contribution in [0, 0.1) is 0 Å². The van der Waals surface area contributed by atoms with E-state index in [2.05, 4.69) is 4.74 Å². The molecule has 0 aliphatic rings. The van der Waals surface area contributed by atoms with Gasteiger partial charge in [-0.1, -0.05) is 6.92 Å². The van der Waals surface area contributed by atoms with E-state index < -0.39 is 9.84 Å². The van der Waals surface area contributed by atoms with Crippen molar-refractivity contribution in [3.63, 3.8) is 0 Å². The predicted octanol–water partition coefficient (Wildman–Crippen LogP) is 0.695. The Hall–Kier alpha value is -0.620. The van der Waals surface area contributed by atoms with Crippen molar-refractivity contribution in [3.05, 3.63) is 0 Å². The van der Waals surface area contributed by atoms with Crippen LogP contribution >= 0.6 is 0 Å². The number of carbonyl (C=O) groups excluding carboxylic acids is 1. The van der Waals surface area contributed by atoms with Crippen molar-refractivity contribution in [2.75, 3.05) is 31.7 Å². The number of hydrogen-bond acceptors (Lipinski definition) is 5. The van der Waals surface area contributed by atoms with Gasteiger partial charge in [0.15, 0.2) is 0 Å². The van der Waals surface area contributed by atoms with Gasteiger partial charge in [0.1, 0.15) is 9.84 Å². The van der Waals surface area contributed by atoms with Gasteiger partial charge >= 0.3 is 5.97 Å². The van der Waals surface area contributed by atoms with Crippen LogP contribution in [0.25, 0.3) is 0 Å². The third-order valence-corrected chi connectivity index (χ3v) is 4.42. The van der Waals surface area contributed by atoms with E-state index in [0.29, 0.717) is 13.0 Å². The largest absolute Gasteiger partial charge is 0.468 e. The van der Waals surface area contributed by atoms with Gasteiger partial charge in [0.05, 0.1) is 19.4 Å². The maximum atomic E-state index is 11.3. The minimum Gasteiger partial charge on any atom is -0.468 e. The van der Waals surface area contributed by atoms with Crippen LogP contribution in [0.1, 0.15) is 27.2 Å². The molecule has 0 fully saturated rings. The number of sulfone groups is 1. The summed E-state index contributed by atoms with van der Waals surface area (Å²) in [4.78, 5) is 13.1. The molecule has 0 rings (SSSR count). The minimum absolute atomic E-state index is 0.172. The molecule has 0 saturated heterocycles. The van der Waals surface area contributed by atoms with E-state index in [0.717, 1.165) is 0 Å². The van der Waals surface area contributed by atoms with Crippen LogP contribution in [0.3, 0.4) is 0 Å². The lowest BCUT2D eigenvalue weighted by Gasteiger charge is -2.24. The first-order chi connectivity index (χ1) is 7.82. The summed E-state index contributed by atoms with van der Waals surface area (Å²) in [6.45, 7) is 6.38. The molecule has 0 aromatic heterocycles. The van der Waals surface area contributed by atoms with Gasteiger partial charge < -0.3 is 4.74 Å². The third-order valence-electron chi connectivity index (χ3n) is 2.63. The number of hydrogen-bond donors (Lipinski definition) is 0. The van der Waals surface area contributed by atoms with Gasteiger partial charge in [0.2, 0.25) is 0 Å². The van der Waals surface area contributed by atoms with Crippen LogP contribution in [0.4, 0.5) is 0 Å². The number of carbonyl (C=O) groups is 1. The Bertz CT molecular complexity index is 324. The molecule has 0 unspecified atom stereocenters. The predicted molar refractivity (Wildman–Crippen MR) is 67.7 cm³/mol. The van der Waals surface area contributed by atoms with E-state index in [4.69, 9.17) is 0 Å². The summed E-state index contributed by atoms with van der Waals surface area (Å²) < 4.78 is 27.2. The Balaban J connectivity index is 4.15. The quantitative estimate of drug-likeness (QED) is 0.604. The second-order valence-corrected chi connectivity index (χ2v) is 6.70. The highest BCUT2D eigenvalue weighted by Gasteiger charge is 2.15. The summed E-state index contributed by atoms with van der Waals surface area (Å²) >= 11 is 0. The molecule has 0 aliphatic heterocycles. The number of esters is 1. The van der Waals surface area contributed by atoms with E-state index in [9.17, 15) is 13.2 Å². The maximum absolute atomic E-state index is 11.3. The topological polar surface area (TPSA) is 63.7 Å². The Morgan fingerprint density at radius 2 is 1.94 bits per heavy atom. The van der Waals surface area contributed by atoms with Crippen LogP contribution in [0.5, 0.6) is 0 Å². The highest BCUT2D eigenvalue weighted by molar-refractivity contribution is 7.91. The van der Waals surface area contributed by atoms with Gasteiger partial charge in [-0.15, -0.1) is 0 Å². The average molecular weight is 265 g/mol. The lowest BCUT2D eigenvalue weighted by Crippen LogP contribution is -2.37. The fraction of sp³-hybridized carbons (Fsp3) is 0.909. The zero-order chi connectivity index (χ0) is 13.5. The Morgan fingerprint density at radius 3 is 2.35 bits per heavy atom. The highest BCUT2D eigenvalue weighted by Crippen LogP contribution is 2.02. The summed E-state index contributed by atoms with van der Waals surface area (Å²) in [5, 5.41) is 0. The highest BCUT2D eigenvalue weighted by atomic mass is 32.2. The van der Waals surface area contributed by atoms with E-state index in [1.54, 1.807) is 6.92 Å². The van der Waals surface area contributed by atoms with Crippen molar-refractivity contribution in [2.45, 2.75) is 33.2 Å². The molecule has 0 spiro atoms. The molecular formula is C11H23NO4S. The first kappa shape index (κ1) is 16.4. The zero-order valence-corrected chi connectivity index (χ0v) is 11.9. The van der Waals surface area contributed by atoms with Gasteiger partial charge in [-0.05, 0) is 26.8 Å². The zero-order valence-electron chi connectivity index (χ0n) is 11.1. The molecule has 0 amide bonds. The lowest BCUT2D eigenvalue weighted by atomic mass is 10.3. The number of rotatable bonds is 8. The summed E-state index contributed by atoms with van der Waals surface area (Å²) in [6, 6.07) is 0.193. The molecule has 17 heavy (non-hydrogen) atoms. The molecule has 0 N–H and O–H groups in total. The Labute approximate surface area is 104 Å². The van der Waals surface area contributed by atoms with Crippen molar-refractivity contribution >= 4 is 15.8 Å². The van der Waals surface area contributed by atoms with Crippen LogP contribution < -0.4 is 0 Å². The van der Waals surface area contributed by atoms with Crippen molar-refractivity contribution in [1.82, 2.24) is 4.90 Å². The molecule has 0 aromatic carbocycles. The normalized spacial score (nSPS) is 12.1. The third kappa shape index (κ3) is 7.33. The second kappa shape index (κ2) is 7.66. The molecule has 0 heterocycles. The summed E-state index contributed by atoms with van der Waals surface area (Å²) in [5.74, 6) is 0.0524. The molecule has 5 nitrogen and oxygen atoms in total. The standard InChI is InChI=1S/C11H23NO4S/c1-5-17(14,15)8-6-7-12(10(2)3)9-11(13)16-4/h10H,5-9H2,1-4H3. The average Bonchev–Trinajstić information content (AvgIpc) is 2.27. The molecule has 0 atom stereocenters. The smallest absolute Gasteiger partial charge is 0.319 e. The van der Waals surface area contributed by atoms with Gasteiger partial charge in [0.25, 0.3) is 0 Å². The minimum atomic E-state index is -2.92.